The molecule has 4 heteroatoms. The summed E-state index contributed by atoms with van der Waals surface area (Å²) in [5.41, 5.74) is 0. The molecule has 2 aliphatic heterocycles. The van der Waals surface area contributed by atoms with Gasteiger partial charge in [0.15, 0.2) is 0 Å². The van der Waals surface area contributed by atoms with Gasteiger partial charge in [0.05, 0.1) is 6.04 Å². The summed E-state index contributed by atoms with van der Waals surface area (Å²) in [7, 11) is 0. The SMILES string of the molecule is O=C(C1CCC2CCCCC2N1)N1CCCSCC1. The molecule has 3 atom stereocenters. The van der Waals surface area contributed by atoms with Gasteiger partial charge >= 0.3 is 0 Å². The zero-order chi connectivity index (χ0) is 13.1. The van der Waals surface area contributed by atoms with Crippen molar-refractivity contribution in [1.29, 1.82) is 0 Å². The second-order valence-corrected chi connectivity index (χ2v) is 7.46. The van der Waals surface area contributed by atoms with Crippen LogP contribution in [-0.2, 0) is 4.79 Å². The van der Waals surface area contributed by atoms with Crippen LogP contribution in [0.5, 0.6) is 0 Å². The van der Waals surface area contributed by atoms with Gasteiger partial charge in [-0.05, 0) is 43.8 Å². The molecule has 0 aromatic rings. The molecular formula is C15H26N2OS. The van der Waals surface area contributed by atoms with Gasteiger partial charge in [-0.2, -0.15) is 11.8 Å². The minimum atomic E-state index is 0.113. The quantitative estimate of drug-likeness (QED) is 0.801. The first-order valence-electron chi connectivity index (χ1n) is 7.97. The monoisotopic (exact) mass is 282 g/mol. The van der Waals surface area contributed by atoms with Gasteiger partial charge in [0.25, 0.3) is 0 Å². The summed E-state index contributed by atoms with van der Waals surface area (Å²) in [4.78, 5) is 14.7. The van der Waals surface area contributed by atoms with Gasteiger partial charge in [0.1, 0.15) is 0 Å². The van der Waals surface area contributed by atoms with E-state index in [1.54, 1.807) is 0 Å². The van der Waals surface area contributed by atoms with Crippen molar-refractivity contribution >= 4 is 17.7 Å². The lowest BCUT2D eigenvalue weighted by Crippen LogP contribution is -2.56. The van der Waals surface area contributed by atoms with Crippen molar-refractivity contribution in [2.24, 2.45) is 5.92 Å². The molecule has 0 aromatic heterocycles. The van der Waals surface area contributed by atoms with E-state index in [2.05, 4.69) is 10.2 Å². The largest absolute Gasteiger partial charge is 0.340 e. The number of thioether (sulfide) groups is 1. The Kier molecular flexibility index (Phi) is 4.69. The summed E-state index contributed by atoms with van der Waals surface area (Å²) in [6, 6.07) is 0.736. The molecule has 3 fully saturated rings. The van der Waals surface area contributed by atoms with Crippen LogP contribution in [0.3, 0.4) is 0 Å². The molecule has 0 aromatic carbocycles. The number of amides is 1. The maximum Gasteiger partial charge on any atom is 0.239 e. The van der Waals surface area contributed by atoms with Crippen molar-refractivity contribution in [2.75, 3.05) is 24.6 Å². The molecule has 3 unspecified atom stereocenters. The summed E-state index contributed by atoms with van der Waals surface area (Å²) in [6.45, 7) is 1.92. The maximum absolute atomic E-state index is 12.6. The van der Waals surface area contributed by atoms with Crippen LogP contribution >= 0.6 is 11.8 Å². The summed E-state index contributed by atoms with van der Waals surface area (Å²) < 4.78 is 0. The number of nitrogens with zero attached hydrogens (tertiary/aromatic N) is 1. The van der Waals surface area contributed by atoms with E-state index >= 15 is 0 Å². The van der Waals surface area contributed by atoms with Crippen LogP contribution in [0.1, 0.15) is 44.9 Å². The van der Waals surface area contributed by atoms with Crippen LogP contribution in [0.4, 0.5) is 0 Å². The number of nitrogens with one attached hydrogen (secondary N) is 1. The highest BCUT2D eigenvalue weighted by Gasteiger charge is 2.35. The van der Waals surface area contributed by atoms with Gasteiger partial charge in [-0.15, -0.1) is 0 Å². The Balaban J connectivity index is 1.57. The van der Waals surface area contributed by atoms with Gasteiger partial charge in [0, 0.05) is 24.9 Å². The van der Waals surface area contributed by atoms with Gasteiger partial charge in [-0.1, -0.05) is 12.8 Å². The van der Waals surface area contributed by atoms with E-state index in [0.29, 0.717) is 11.9 Å². The lowest BCUT2D eigenvalue weighted by Gasteiger charge is -2.41. The maximum atomic E-state index is 12.6. The summed E-state index contributed by atoms with van der Waals surface area (Å²) in [5.74, 6) is 3.56. The van der Waals surface area contributed by atoms with Crippen LogP contribution in [-0.4, -0.2) is 47.5 Å². The van der Waals surface area contributed by atoms with E-state index in [9.17, 15) is 4.79 Å². The van der Waals surface area contributed by atoms with E-state index in [4.69, 9.17) is 0 Å². The second-order valence-electron chi connectivity index (χ2n) is 6.24. The van der Waals surface area contributed by atoms with E-state index < -0.39 is 0 Å². The second kappa shape index (κ2) is 6.49. The Morgan fingerprint density at radius 1 is 1.00 bits per heavy atom. The number of carbonyl (C=O) groups excluding carboxylic acids is 1. The lowest BCUT2D eigenvalue weighted by molar-refractivity contribution is -0.134. The molecule has 2 saturated heterocycles. The summed E-state index contributed by atoms with van der Waals surface area (Å²) in [5, 5.41) is 3.67. The average molecular weight is 282 g/mol. The Labute approximate surface area is 120 Å². The minimum Gasteiger partial charge on any atom is -0.340 e. The molecule has 1 amide bonds. The fourth-order valence-corrected chi connectivity index (χ4v) is 4.76. The summed E-state index contributed by atoms with van der Waals surface area (Å²) in [6.07, 6.45) is 8.87. The number of hydrogen-bond acceptors (Lipinski definition) is 3. The van der Waals surface area contributed by atoms with Gasteiger partial charge in [0.2, 0.25) is 5.91 Å². The van der Waals surface area contributed by atoms with Crippen molar-refractivity contribution < 1.29 is 4.79 Å². The standard InChI is InChI=1S/C15H26N2OS/c18-15(17-8-3-10-19-11-9-17)14-7-6-12-4-1-2-5-13(12)16-14/h12-14,16H,1-11H2. The molecular weight excluding hydrogens is 256 g/mol. The van der Waals surface area contributed by atoms with Crippen molar-refractivity contribution in [3.05, 3.63) is 0 Å². The third-order valence-electron chi connectivity index (χ3n) is 4.98. The molecule has 3 nitrogen and oxygen atoms in total. The number of rotatable bonds is 1. The number of piperidine rings is 1. The first-order chi connectivity index (χ1) is 9.34. The van der Waals surface area contributed by atoms with Crippen LogP contribution in [0.25, 0.3) is 0 Å². The van der Waals surface area contributed by atoms with Gasteiger partial charge < -0.3 is 10.2 Å². The van der Waals surface area contributed by atoms with E-state index in [0.717, 1.165) is 37.6 Å². The molecule has 3 aliphatic rings. The van der Waals surface area contributed by atoms with Crippen LogP contribution in [0, 0.1) is 5.92 Å². The van der Waals surface area contributed by atoms with Crippen LogP contribution in [0.2, 0.25) is 0 Å². The minimum absolute atomic E-state index is 0.113. The Morgan fingerprint density at radius 3 is 2.84 bits per heavy atom. The molecule has 3 rings (SSSR count). The molecule has 1 N–H and O–H groups in total. The molecule has 108 valence electrons. The average Bonchev–Trinajstić information content (AvgIpc) is 2.75. The molecule has 1 aliphatic carbocycles. The van der Waals surface area contributed by atoms with Crippen molar-refractivity contribution in [1.82, 2.24) is 10.2 Å². The van der Waals surface area contributed by atoms with E-state index in [1.165, 1.54) is 37.9 Å². The van der Waals surface area contributed by atoms with Crippen LogP contribution in [0.15, 0.2) is 0 Å². The molecule has 2 heterocycles. The Morgan fingerprint density at radius 2 is 1.89 bits per heavy atom. The number of hydrogen-bond donors (Lipinski definition) is 1. The van der Waals surface area contributed by atoms with E-state index in [1.807, 2.05) is 11.8 Å². The fourth-order valence-electron chi connectivity index (χ4n) is 3.88. The highest BCUT2D eigenvalue weighted by molar-refractivity contribution is 7.99. The smallest absolute Gasteiger partial charge is 0.239 e. The highest BCUT2D eigenvalue weighted by atomic mass is 32.2. The number of fused-ring (bicyclic) bond motifs is 1. The van der Waals surface area contributed by atoms with Crippen molar-refractivity contribution in [3.63, 3.8) is 0 Å². The van der Waals surface area contributed by atoms with E-state index in [-0.39, 0.29) is 6.04 Å². The molecule has 1 saturated carbocycles. The third kappa shape index (κ3) is 3.27. The molecule has 0 bridgehead atoms. The van der Waals surface area contributed by atoms with Gasteiger partial charge in [-0.3, -0.25) is 4.79 Å². The molecule has 0 spiro atoms. The zero-order valence-corrected chi connectivity index (χ0v) is 12.6. The summed E-state index contributed by atoms with van der Waals surface area (Å²) >= 11 is 1.99. The normalized spacial score (nSPS) is 36.4. The Bertz CT molecular complexity index is 315. The van der Waals surface area contributed by atoms with Gasteiger partial charge in [-0.25, -0.2) is 0 Å². The first kappa shape index (κ1) is 13.7. The lowest BCUT2D eigenvalue weighted by atomic mass is 9.77. The molecule has 0 radical (unpaired) electrons. The first-order valence-corrected chi connectivity index (χ1v) is 9.12. The predicted octanol–water partition coefficient (Wildman–Crippen LogP) is 2.26. The van der Waals surface area contributed by atoms with Crippen molar-refractivity contribution in [2.45, 2.75) is 57.0 Å². The molecule has 19 heavy (non-hydrogen) atoms. The predicted molar refractivity (Wildman–Crippen MR) is 80.4 cm³/mol. The van der Waals surface area contributed by atoms with Crippen LogP contribution < -0.4 is 5.32 Å². The Hall–Kier alpha value is -0.220. The van der Waals surface area contributed by atoms with Crippen molar-refractivity contribution in [3.8, 4) is 0 Å². The topological polar surface area (TPSA) is 32.3 Å². The fraction of sp³-hybridized carbons (Fsp3) is 0.933. The third-order valence-corrected chi connectivity index (χ3v) is 6.03. The zero-order valence-electron chi connectivity index (χ0n) is 11.8. The number of carbonyl (C=O) groups is 1. The highest BCUT2D eigenvalue weighted by Crippen LogP contribution is 2.32.